The van der Waals surface area contributed by atoms with E-state index in [0.717, 1.165) is 12.8 Å². The zero-order valence-electron chi connectivity index (χ0n) is 15.4. The second-order valence-electron chi connectivity index (χ2n) is 6.78. The maximum Gasteiger partial charge on any atom is 0.573 e. The summed E-state index contributed by atoms with van der Waals surface area (Å²) in [7, 11) is 0. The van der Waals surface area contributed by atoms with Crippen molar-refractivity contribution in [3.8, 4) is 22.8 Å². The molecule has 0 spiro atoms. The number of nitrogens with zero attached hydrogens (tertiary/aromatic N) is 1. The summed E-state index contributed by atoms with van der Waals surface area (Å²) in [5, 5.41) is 4.26. The molecular weight excluding hydrogens is 423 g/mol. The number of para-hydroxylation sites is 1. The van der Waals surface area contributed by atoms with Gasteiger partial charge >= 0.3 is 6.36 Å². The van der Waals surface area contributed by atoms with Gasteiger partial charge in [0.15, 0.2) is 6.29 Å². The van der Waals surface area contributed by atoms with Gasteiger partial charge in [-0.1, -0.05) is 28.9 Å². The van der Waals surface area contributed by atoms with Crippen molar-refractivity contribution in [2.24, 2.45) is 0 Å². The van der Waals surface area contributed by atoms with E-state index in [0.29, 0.717) is 28.9 Å². The number of carbonyl (C=O) groups is 1. The molecule has 0 saturated heterocycles. The van der Waals surface area contributed by atoms with E-state index in [9.17, 15) is 18.0 Å². The Morgan fingerprint density at radius 1 is 1.20 bits per heavy atom. The highest BCUT2D eigenvalue weighted by Gasteiger charge is 2.35. The van der Waals surface area contributed by atoms with Gasteiger partial charge in [-0.2, -0.15) is 0 Å². The average molecular weight is 438 g/mol. The zero-order valence-corrected chi connectivity index (χ0v) is 16.2. The molecule has 4 rings (SSSR count). The second kappa shape index (κ2) is 8.02. The number of rotatable bonds is 7. The third-order valence-corrected chi connectivity index (χ3v) is 4.94. The molecule has 1 aliphatic rings. The van der Waals surface area contributed by atoms with Crippen LogP contribution in [0.3, 0.4) is 0 Å². The number of aldehydes is 1. The topological polar surface area (TPSA) is 61.6 Å². The molecule has 0 unspecified atom stereocenters. The van der Waals surface area contributed by atoms with Crippen LogP contribution in [0.25, 0.3) is 11.3 Å². The molecule has 1 fully saturated rings. The van der Waals surface area contributed by atoms with E-state index < -0.39 is 6.36 Å². The van der Waals surface area contributed by atoms with Crippen LogP contribution in [0.2, 0.25) is 5.02 Å². The van der Waals surface area contributed by atoms with Gasteiger partial charge < -0.3 is 14.0 Å². The first-order valence-corrected chi connectivity index (χ1v) is 9.44. The number of ether oxygens (including phenoxy) is 2. The standard InChI is InChI=1S/C21H15ClF3NO4/c22-17-9-14(8-7-13(17)10-27)28-11-16-19(26-30-20(16)12-5-6-12)15-3-1-2-4-18(15)29-21(23,24)25/h1-4,7-10,12H,5-6,11H2. The minimum absolute atomic E-state index is 0.00177. The molecule has 0 aliphatic heterocycles. The lowest BCUT2D eigenvalue weighted by Crippen LogP contribution is -2.17. The lowest BCUT2D eigenvalue weighted by atomic mass is 10.0. The van der Waals surface area contributed by atoms with Crippen molar-refractivity contribution in [3.05, 3.63) is 64.4 Å². The van der Waals surface area contributed by atoms with Gasteiger partial charge in [0.1, 0.15) is 29.6 Å². The number of aromatic nitrogens is 1. The third kappa shape index (κ3) is 4.43. The Bertz CT molecular complexity index is 1080. The summed E-state index contributed by atoms with van der Waals surface area (Å²) in [6.45, 7) is 0.00177. The van der Waals surface area contributed by atoms with Crippen molar-refractivity contribution in [1.29, 1.82) is 0 Å². The van der Waals surface area contributed by atoms with E-state index in [-0.39, 0.29) is 34.6 Å². The van der Waals surface area contributed by atoms with Crippen molar-refractivity contribution in [3.63, 3.8) is 0 Å². The lowest BCUT2D eigenvalue weighted by molar-refractivity contribution is -0.274. The van der Waals surface area contributed by atoms with Crippen LogP contribution >= 0.6 is 11.6 Å². The number of alkyl halides is 3. The largest absolute Gasteiger partial charge is 0.573 e. The summed E-state index contributed by atoms with van der Waals surface area (Å²) in [6, 6.07) is 10.3. The molecule has 1 saturated carbocycles. The Morgan fingerprint density at radius 3 is 2.63 bits per heavy atom. The quantitative estimate of drug-likeness (QED) is 0.414. The van der Waals surface area contributed by atoms with Crippen molar-refractivity contribution >= 4 is 17.9 Å². The van der Waals surface area contributed by atoms with Gasteiger partial charge in [-0.3, -0.25) is 4.79 Å². The SMILES string of the molecule is O=Cc1ccc(OCc2c(-c3ccccc3OC(F)(F)F)noc2C2CC2)cc1Cl. The molecule has 0 bridgehead atoms. The fourth-order valence-electron chi connectivity index (χ4n) is 3.06. The predicted octanol–water partition coefficient (Wildman–Crippen LogP) is 6.16. The Labute approximate surface area is 174 Å². The molecule has 30 heavy (non-hydrogen) atoms. The number of halogens is 4. The summed E-state index contributed by atoms with van der Waals surface area (Å²) in [4.78, 5) is 10.9. The van der Waals surface area contributed by atoms with E-state index in [1.165, 1.54) is 30.3 Å². The van der Waals surface area contributed by atoms with E-state index in [1.54, 1.807) is 12.1 Å². The lowest BCUT2D eigenvalue weighted by Gasteiger charge is -2.13. The molecule has 3 aromatic rings. The molecule has 1 aliphatic carbocycles. The van der Waals surface area contributed by atoms with Crippen molar-refractivity contribution in [2.75, 3.05) is 0 Å². The molecule has 156 valence electrons. The zero-order chi connectivity index (χ0) is 21.3. The van der Waals surface area contributed by atoms with Crippen molar-refractivity contribution in [1.82, 2.24) is 5.16 Å². The van der Waals surface area contributed by atoms with Gasteiger partial charge in [0.05, 0.1) is 10.6 Å². The number of carbonyl (C=O) groups excluding carboxylic acids is 1. The van der Waals surface area contributed by atoms with Crippen LogP contribution in [0.15, 0.2) is 47.0 Å². The van der Waals surface area contributed by atoms with Crippen molar-refractivity contribution in [2.45, 2.75) is 31.7 Å². The number of hydrogen-bond donors (Lipinski definition) is 0. The molecule has 0 atom stereocenters. The minimum Gasteiger partial charge on any atom is -0.489 e. The van der Waals surface area contributed by atoms with E-state index in [4.69, 9.17) is 20.9 Å². The predicted molar refractivity (Wildman–Crippen MR) is 102 cm³/mol. The summed E-state index contributed by atoms with van der Waals surface area (Å²) in [5.41, 5.74) is 1.25. The van der Waals surface area contributed by atoms with E-state index in [1.807, 2.05) is 0 Å². The molecule has 2 aromatic carbocycles. The van der Waals surface area contributed by atoms with Gasteiger partial charge in [-0.25, -0.2) is 0 Å². The Hall–Kier alpha value is -3.00. The summed E-state index contributed by atoms with van der Waals surface area (Å²) >= 11 is 6.03. The highest BCUT2D eigenvalue weighted by Crippen LogP contribution is 2.45. The molecule has 9 heteroatoms. The molecular formula is C21H15ClF3NO4. The fourth-order valence-corrected chi connectivity index (χ4v) is 3.28. The monoisotopic (exact) mass is 437 g/mol. The van der Waals surface area contributed by atoms with Crippen LogP contribution in [0.4, 0.5) is 13.2 Å². The first-order chi connectivity index (χ1) is 14.4. The first-order valence-electron chi connectivity index (χ1n) is 9.07. The molecule has 1 aromatic heterocycles. The Morgan fingerprint density at radius 2 is 1.97 bits per heavy atom. The van der Waals surface area contributed by atoms with Crippen LogP contribution in [-0.4, -0.2) is 17.8 Å². The third-order valence-electron chi connectivity index (χ3n) is 4.62. The molecule has 5 nitrogen and oxygen atoms in total. The van der Waals surface area contributed by atoms with Gasteiger partial charge in [0.2, 0.25) is 0 Å². The summed E-state index contributed by atoms with van der Waals surface area (Å²) < 4.78 is 53.9. The van der Waals surface area contributed by atoms with Crippen LogP contribution < -0.4 is 9.47 Å². The van der Waals surface area contributed by atoms with E-state index >= 15 is 0 Å². The van der Waals surface area contributed by atoms with Gasteiger partial charge in [0.25, 0.3) is 0 Å². The summed E-state index contributed by atoms with van der Waals surface area (Å²) in [5.74, 6) is 0.767. The number of hydrogen-bond acceptors (Lipinski definition) is 5. The normalized spacial score (nSPS) is 13.9. The van der Waals surface area contributed by atoms with Crippen LogP contribution in [0, 0.1) is 0 Å². The number of benzene rings is 2. The van der Waals surface area contributed by atoms with Gasteiger partial charge in [0, 0.05) is 17.0 Å². The van der Waals surface area contributed by atoms with Crippen LogP contribution in [0.1, 0.15) is 40.4 Å². The molecule has 1 heterocycles. The van der Waals surface area contributed by atoms with E-state index in [2.05, 4.69) is 9.89 Å². The minimum atomic E-state index is -4.84. The molecule has 0 amide bonds. The highest BCUT2D eigenvalue weighted by molar-refractivity contribution is 6.33. The molecule has 0 radical (unpaired) electrons. The van der Waals surface area contributed by atoms with Crippen molar-refractivity contribution < 1.29 is 32.0 Å². The van der Waals surface area contributed by atoms with Crippen LogP contribution in [0.5, 0.6) is 11.5 Å². The fraction of sp³-hybridized carbons (Fsp3) is 0.238. The highest BCUT2D eigenvalue weighted by atomic mass is 35.5. The van der Waals surface area contributed by atoms with Crippen LogP contribution in [-0.2, 0) is 6.61 Å². The smallest absolute Gasteiger partial charge is 0.489 e. The molecule has 0 N–H and O–H groups in total. The van der Waals surface area contributed by atoms with Gasteiger partial charge in [-0.05, 0) is 43.2 Å². The Kier molecular flexibility index (Phi) is 5.42. The average Bonchev–Trinajstić information content (AvgIpc) is 3.45. The Balaban J connectivity index is 1.67. The second-order valence-corrected chi connectivity index (χ2v) is 7.19. The first kappa shape index (κ1) is 20.3. The summed E-state index contributed by atoms with van der Waals surface area (Å²) in [6.07, 6.45) is -2.40. The maximum absolute atomic E-state index is 12.8. The van der Waals surface area contributed by atoms with Gasteiger partial charge in [-0.15, -0.1) is 13.2 Å². The maximum atomic E-state index is 12.8.